The zero-order valence-corrected chi connectivity index (χ0v) is 11.6. The van der Waals surface area contributed by atoms with Crippen molar-refractivity contribution in [3.63, 3.8) is 0 Å². The van der Waals surface area contributed by atoms with Crippen LogP contribution in [0, 0.1) is 0 Å². The predicted octanol–water partition coefficient (Wildman–Crippen LogP) is 3.33. The van der Waals surface area contributed by atoms with Gasteiger partial charge in [-0.3, -0.25) is 4.79 Å². The normalized spacial score (nSPS) is 17.4. The first-order chi connectivity index (χ1) is 8.65. The number of rotatable bonds is 4. The fourth-order valence-electron chi connectivity index (χ4n) is 2.50. The number of hydrogen-bond acceptors (Lipinski definition) is 2. The van der Waals surface area contributed by atoms with Crippen molar-refractivity contribution in [2.24, 2.45) is 0 Å². The largest absolute Gasteiger partial charge is 0.303 e. The Labute approximate surface area is 114 Å². The molecule has 0 heterocycles. The van der Waals surface area contributed by atoms with E-state index in [1.807, 2.05) is 12.1 Å². The molecule has 0 radical (unpaired) electrons. The fourth-order valence-corrected chi connectivity index (χ4v) is 2.63. The molecule has 18 heavy (non-hydrogen) atoms. The average Bonchev–Trinajstić information content (AvgIpc) is 2.38. The molecule has 1 aromatic rings. The lowest BCUT2D eigenvalue weighted by Gasteiger charge is -2.30. The third-order valence-corrected chi connectivity index (χ3v) is 4.05. The Balaban J connectivity index is 1.79. The molecule has 0 spiro atoms. The van der Waals surface area contributed by atoms with Crippen molar-refractivity contribution in [3.05, 3.63) is 34.9 Å². The SMILES string of the molecule is CN(CCc1ccc(Cl)cc1)C1CCC(=O)CC1. The summed E-state index contributed by atoms with van der Waals surface area (Å²) < 4.78 is 0. The fraction of sp³-hybridized carbons (Fsp3) is 0.533. The van der Waals surface area contributed by atoms with Gasteiger partial charge in [0.25, 0.3) is 0 Å². The number of nitrogens with zero attached hydrogens (tertiary/aromatic N) is 1. The van der Waals surface area contributed by atoms with Crippen LogP contribution in [0.5, 0.6) is 0 Å². The van der Waals surface area contributed by atoms with E-state index >= 15 is 0 Å². The second-order valence-corrected chi connectivity index (χ2v) is 5.56. The summed E-state index contributed by atoms with van der Waals surface area (Å²) >= 11 is 5.87. The van der Waals surface area contributed by atoms with Crippen molar-refractivity contribution in [2.45, 2.75) is 38.1 Å². The number of halogens is 1. The molecular formula is C15H20ClNO. The first-order valence-electron chi connectivity index (χ1n) is 6.61. The molecule has 0 atom stereocenters. The molecule has 0 saturated heterocycles. The molecule has 2 rings (SSSR count). The molecule has 0 N–H and O–H groups in total. The topological polar surface area (TPSA) is 20.3 Å². The third kappa shape index (κ3) is 3.82. The monoisotopic (exact) mass is 265 g/mol. The zero-order valence-electron chi connectivity index (χ0n) is 10.9. The van der Waals surface area contributed by atoms with Crippen molar-refractivity contribution in [1.29, 1.82) is 0 Å². The highest BCUT2D eigenvalue weighted by Crippen LogP contribution is 2.19. The lowest BCUT2D eigenvalue weighted by atomic mass is 9.93. The highest BCUT2D eigenvalue weighted by molar-refractivity contribution is 6.30. The van der Waals surface area contributed by atoms with Crippen LogP contribution in [0.3, 0.4) is 0 Å². The van der Waals surface area contributed by atoms with E-state index in [-0.39, 0.29) is 0 Å². The van der Waals surface area contributed by atoms with Gasteiger partial charge in [0.2, 0.25) is 0 Å². The third-order valence-electron chi connectivity index (χ3n) is 3.80. The van der Waals surface area contributed by atoms with Crippen LogP contribution in [-0.4, -0.2) is 30.3 Å². The van der Waals surface area contributed by atoms with E-state index in [1.165, 1.54) is 5.56 Å². The Morgan fingerprint density at radius 1 is 1.22 bits per heavy atom. The van der Waals surface area contributed by atoms with Crippen LogP contribution in [-0.2, 0) is 11.2 Å². The Bertz CT molecular complexity index is 391. The number of hydrogen-bond donors (Lipinski definition) is 0. The Morgan fingerprint density at radius 3 is 2.44 bits per heavy atom. The number of Topliss-reactive ketones (excluding diaryl/α,β-unsaturated/α-hetero) is 1. The number of carbonyl (C=O) groups is 1. The van der Waals surface area contributed by atoms with Gasteiger partial charge in [-0.1, -0.05) is 23.7 Å². The standard InChI is InChI=1S/C15H20ClNO/c1-17(14-6-8-15(18)9-7-14)11-10-12-2-4-13(16)5-3-12/h2-5,14H,6-11H2,1H3. The van der Waals surface area contributed by atoms with E-state index in [0.29, 0.717) is 11.8 Å². The van der Waals surface area contributed by atoms with Crippen molar-refractivity contribution in [1.82, 2.24) is 4.90 Å². The Morgan fingerprint density at radius 2 is 1.83 bits per heavy atom. The first-order valence-corrected chi connectivity index (χ1v) is 6.99. The molecule has 0 aliphatic heterocycles. The second-order valence-electron chi connectivity index (χ2n) is 5.13. The summed E-state index contributed by atoms with van der Waals surface area (Å²) in [4.78, 5) is 13.6. The summed E-state index contributed by atoms with van der Waals surface area (Å²) in [6.45, 7) is 1.04. The van der Waals surface area contributed by atoms with Crippen molar-refractivity contribution in [3.8, 4) is 0 Å². The van der Waals surface area contributed by atoms with E-state index in [1.54, 1.807) is 0 Å². The van der Waals surface area contributed by atoms with E-state index in [0.717, 1.165) is 43.7 Å². The smallest absolute Gasteiger partial charge is 0.133 e. The summed E-state index contributed by atoms with van der Waals surface area (Å²) in [7, 11) is 2.16. The quantitative estimate of drug-likeness (QED) is 0.832. The van der Waals surface area contributed by atoms with E-state index in [2.05, 4.69) is 24.1 Å². The van der Waals surface area contributed by atoms with E-state index < -0.39 is 0 Å². The van der Waals surface area contributed by atoms with E-state index in [4.69, 9.17) is 11.6 Å². The Hall–Kier alpha value is -0.860. The first kappa shape index (κ1) is 13.6. The molecule has 1 aliphatic rings. The molecule has 3 heteroatoms. The van der Waals surface area contributed by atoms with Gasteiger partial charge in [0, 0.05) is 30.5 Å². The molecule has 98 valence electrons. The van der Waals surface area contributed by atoms with Gasteiger partial charge in [0.05, 0.1) is 0 Å². The van der Waals surface area contributed by atoms with Gasteiger partial charge in [-0.05, 0) is 44.0 Å². The highest BCUT2D eigenvalue weighted by atomic mass is 35.5. The summed E-state index contributed by atoms with van der Waals surface area (Å²) in [5.41, 5.74) is 1.32. The van der Waals surface area contributed by atoms with Crippen molar-refractivity contribution < 1.29 is 4.79 Å². The van der Waals surface area contributed by atoms with Crippen molar-refractivity contribution in [2.75, 3.05) is 13.6 Å². The number of carbonyl (C=O) groups excluding carboxylic acids is 1. The molecule has 2 nitrogen and oxygen atoms in total. The van der Waals surface area contributed by atoms with Crippen LogP contribution < -0.4 is 0 Å². The minimum Gasteiger partial charge on any atom is -0.303 e. The van der Waals surface area contributed by atoms with Gasteiger partial charge in [0.1, 0.15) is 5.78 Å². The Kier molecular flexibility index (Phi) is 4.79. The van der Waals surface area contributed by atoms with Gasteiger partial charge in [-0.25, -0.2) is 0 Å². The van der Waals surface area contributed by atoms with Crippen LogP contribution in [0.25, 0.3) is 0 Å². The molecule has 1 aliphatic carbocycles. The molecule has 1 fully saturated rings. The minimum absolute atomic E-state index is 0.428. The van der Waals surface area contributed by atoms with Gasteiger partial charge in [0.15, 0.2) is 0 Å². The van der Waals surface area contributed by atoms with Crippen molar-refractivity contribution >= 4 is 17.4 Å². The number of ketones is 1. The van der Waals surface area contributed by atoms with Gasteiger partial charge in [-0.2, -0.15) is 0 Å². The minimum atomic E-state index is 0.428. The summed E-state index contributed by atoms with van der Waals surface area (Å²) in [5, 5.41) is 0.790. The summed E-state index contributed by atoms with van der Waals surface area (Å²) in [6.07, 6.45) is 4.61. The lowest BCUT2D eigenvalue weighted by Crippen LogP contribution is -2.36. The molecule has 0 unspecified atom stereocenters. The lowest BCUT2D eigenvalue weighted by molar-refractivity contribution is -0.121. The maximum absolute atomic E-state index is 11.2. The summed E-state index contributed by atoms with van der Waals surface area (Å²) in [5.74, 6) is 0.428. The number of likely N-dealkylation sites (N-methyl/N-ethyl adjacent to an activating group) is 1. The predicted molar refractivity (Wildman–Crippen MR) is 75.0 cm³/mol. The molecule has 0 bridgehead atoms. The second kappa shape index (κ2) is 6.35. The summed E-state index contributed by atoms with van der Waals surface area (Å²) in [6, 6.07) is 8.63. The van der Waals surface area contributed by atoms with Crippen LogP contribution in [0.2, 0.25) is 5.02 Å². The molecular weight excluding hydrogens is 246 g/mol. The van der Waals surface area contributed by atoms with E-state index in [9.17, 15) is 4.79 Å². The molecule has 0 amide bonds. The zero-order chi connectivity index (χ0) is 13.0. The maximum Gasteiger partial charge on any atom is 0.133 e. The van der Waals surface area contributed by atoms with Gasteiger partial charge in [-0.15, -0.1) is 0 Å². The molecule has 1 saturated carbocycles. The molecule has 0 aromatic heterocycles. The molecule has 1 aromatic carbocycles. The van der Waals surface area contributed by atoms with Gasteiger partial charge < -0.3 is 4.90 Å². The van der Waals surface area contributed by atoms with Crippen LogP contribution in [0.4, 0.5) is 0 Å². The van der Waals surface area contributed by atoms with Gasteiger partial charge >= 0.3 is 0 Å². The maximum atomic E-state index is 11.2. The van der Waals surface area contributed by atoms with Crippen LogP contribution >= 0.6 is 11.6 Å². The average molecular weight is 266 g/mol. The highest BCUT2D eigenvalue weighted by Gasteiger charge is 2.21. The van der Waals surface area contributed by atoms with Crippen LogP contribution in [0.1, 0.15) is 31.2 Å². The number of benzene rings is 1. The van der Waals surface area contributed by atoms with Crippen LogP contribution in [0.15, 0.2) is 24.3 Å².